The van der Waals surface area contributed by atoms with Gasteiger partial charge in [-0.05, 0) is 49.7 Å². The lowest BCUT2D eigenvalue weighted by molar-refractivity contribution is -0.0375. The van der Waals surface area contributed by atoms with Crippen LogP contribution in [0.25, 0.3) is 0 Å². The van der Waals surface area contributed by atoms with Gasteiger partial charge in [0, 0.05) is 23.3 Å². The minimum Gasteiger partial charge on any atom is -0.377 e. The zero-order valence-electron chi connectivity index (χ0n) is 11.9. The lowest BCUT2D eigenvalue weighted by Gasteiger charge is -2.42. The van der Waals surface area contributed by atoms with Crippen molar-refractivity contribution < 1.29 is 9.53 Å². The maximum atomic E-state index is 12.8. The lowest BCUT2D eigenvalue weighted by Crippen LogP contribution is -2.55. The maximum Gasteiger partial charge on any atom is 0.271 e. The Labute approximate surface area is 122 Å². The van der Waals surface area contributed by atoms with Crippen LogP contribution in [-0.2, 0) is 4.74 Å². The zero-order chi connectivity index (χ0) is 14.2. The van der Waals surface area contributed by atoms with Gasteiger partial charge in [-0.25, -0.2) is 0 Å². The topological polar surface area (TPSA) is 34.5 Å². The van der Waals surface area contributed by atoms with E-state index >= 15 is 0 Å². The molecular weight excluding hydrogens is 308 g/mol. The van der Waals surface area contributed by atoms with E-state index in [1.165, 1.54) is 0 Å². The van der Waals surface area contributed by atoms with E-state index in [0.717, 1.165) is 10.2 Å². The number of rotatable bonds is 2. The molecule has 106 valence electrons. The van der Waals surface area contributed by atoms with Crippen molar-refractivity contribution in [2.45, 2.75) is 39.3 Å². The van der Waals surface area contributed by atoms with Crippen LogP contribution in [0.1, 0.15) is 44.2 Å². The van der Waals surface area contributed by atoms with Crippen LogP contribution in [-0.4, -0.2) is 40.7 Å². The molecule has 4 nitrogen and oxygen atoms in total. The molecule has 0 unspecified atom stereocenters. The Kier molecular flexibility index (Phi) is 4.06. The highest BCUT2D eigenvalue weighted by Crippen LogP contribution is 2.25. The monoisotopic (exact) mass is 328 g/mol. The molecule has 1 aliphatic heterocycles. The summed E-state index contributed by atoms with van der Waals surface area (Å²) in [5.74, 6) is 0.0766. The maximum absolute atomic E-state index is 12.8. The predicted octanol–water partition coefficient (Wildman–Crippen LogP) is 3.08. The average molecular weight is 329 g/mol. The first kappa shape index (κ1) is 14.6. The third kappa shape index (κ3) is 2.87. The number of hydrogen-bond donors (Lipinski definition) is 0. The number of ether oxygens (including phenoxy) is 1. The van der Waals surface area contributed by atoms with E-state index in [9.17, 15) is 4.79 Å². The second-order valence-electron chi connectivity index (χ2n) is 5.87. The molecule has 0 radical (unpaired) electrons. The molecule has 0 N–H and O–H groups in total. The molecule has 0 bridgehead atoms. The Morgan fingerprint density at radius 2 is 2.16 bits per heavy atom. The van der Waals surface area contributed by atoms with Crippen molar-refractivity contribution in [3.63, 3.8) is 0 Å². The number of aromatic nitrogens is 1. The first-order valence-corrected chi connectivity index (χ1v) is 7.39. The molecule has 0 saturated carbocycles. The van der Waals surface area contributed by atoms with Crippen LogP contribution in [0.3, 0.4) is 0 Å². The zero-order valence-corrected chi connectivity index (χ0v) is 13.5. The van der Waals surface area contributed by atoms with Crippen LogP contribution in [0.2, 0.25) is 0 Å². The van der Waals surface area contributed by atoms with Gasteiger partial charge in [0.2, 0.25) is 0 Å². The van der Waals surface area contributed by atoms with Crippen molar-refractivity contribution in [1.82, 2.24) is 9.47 Å². The molecule has 1 aromatic heterocycles. The van der Waals surface area contributed by atoms with E-state index in [2.05, 4.69) is 29.8 Å². The van der Waals surface area contributed by atoms with Crippen LogP contribution in [0.15, 0.2) is 16.7 Å². The number of carbonyl (C=O) groups excluding carboxylic acids is 1. The minimum atomic E-state index is -0.256. The van der Waals surface area contributed by atoms with Gasteiger partial charge in [0.1, 0.15) is 5.69 Å². The van der Waals surface area contributed by atoms with E-state index in [0.29, 0.717) is 19.8 Å². The Balaban J connectivity index is 2.33. The van der Waals surface area contributed by atoms with Crippen molar-refractivity contribution in [2.24, 2.45) is 0 Å². The van der Waals surface area contributed by atoms with Crippen molar-refractivity contribution in [3.05, 3.63) is 22.4 Å². The Morgan fingerprint density at radius 3 is 2.74 bits per heavy atom. The van der Waals surface area contributed by atoms with E-state index in [1.54, 1.807) is 0 Å². The highest BCUT2D eigenvalue weighted by molar-refractivity contribution is 9.10. The highest BCUT2D eigenvalue weighted by Gasteiger charge is 2.35. The summed E-state index contributed by atoms with van der Waals surface area (Å²) in [7, 11) is 0. The molecule has 2 rings (SSSR count). The van der Waals surface area contributed by atoms with Crippen molar-refractivity contribution in [1.29, 1.82) is 0 Å². The number of carbonyl (C=O) groups is 1. The molecule has 19 heavy (non-hydrogen) atoms. The summed E-state index contributed by atoms with van der Waals surface area (Å²) < 4.78 is 8.43. The fraction of sp³-hybridized carbons (Fsp3) is 0.643. The van der Waals surface area contributed by atoms with Gasteiger partial charge >= 0.3 is 0 Å². The standard InChI is InChI=1S/C14H21BrN2O2/c1-10(2)16-8-11(15)7-12(16)13(18)17-5-6-19-9-14(17,3)4/h7-8,10H,5-6,9H2,1-4H3. The van der Waals surface area contributed by atoms with E-state index in [-0.39, 0.29) is 17.5 Å². The first-order chi connectivity index (χ1) is 8.83. The highest BCUT2D eigenvalue weighted by atomic mass is 79.9. The molecule has 1 aromatic rings. The summed E-state index contributed by atoms with van der Waals surface area (Å²) in [6.45, 7) is 10.1. The van der Waals surface area contributed by atoms with Gasteiger partial charge in [-0.1, -0.05) is 0 Å². The SMILES string of the molecule is CC(C)n1cc(Br)cc1C(=O)N1CCOCC1(C)C. The van der Waals surface area contributed by atoms with Crippen LogP contribution >= 0.6 is 15.9 Å². The largest absolute Gasteiger partial charge is 0.377 e. The summed E-state index contributed by atoms with van der Waals surface area (Å²) in [6, 6.07) is 2.16. The number of hydrogen-bond acceptors (Lipinski definition) is 2. The molecule has 5 heteroatoms. The van der Waals surface area contributed by atoms with Gasteiger partial charge in [-0.15, -0.1) is 0 Å². The molecule has 0 spiro atoms. The van der Waals surface area contributed by atoms with Crippen molar-refractivity contribution in [3.8, 4) is 0 Å². The molecule has 1 fully saturated rings. The Bertz CT molecular complexity index is 480. The van der Waals surface area contributed by atoms with Gasteiger partial charge in [0.25, 0.3) is 5.91 Å². The van der Waals surface area contributed by atoms with E-state index in [1.807, 2.05) is 35.6 Å². The van der Waals surface area contributed by atoms with E-state index in [4.69, 9.17) is 4.74 Å². The molecular formula is C14H21BrN2O2. The van der Waals surface area contributed by atoms with Gasteiger partial charge in [-0.2, -0.15) is 0 Å². The van der Waals surface area contributed by atoms with Crippen LogP contribution in [0.4, 0.5) is 0 Å². The fourth-order valence-corrected chi connectivity index (χ4v) is 2.85. The van der Waals surface area contributed by atoms with Crippen LogP contribution in [0.5, 0.6) is 0 Å². The quantitative estimate of drug-likeness (QED) is 0.836. The normalized spacial score (nSPS) is 18.9. The fourth-order valence-electron chi connectivity index (χ4n) is 2.42. The third-order valence-corrected chi connectivity index (χ3v) is 3.91. The van der Waals surface area contributed by atoms with Crippen LogP contribution < -0.4 is 0 Å². The Hall–Kier alpha value is -0.810. The second kappa shape index (κ2) is 5.29. The second-order valence-corrected chi connectivity index (χ2v) is 6.78. The third-order valence-electron chi connectivity index (χ3n) is 3.48. The van der Waals surface area contributed by atoms with Crippen molar-refractivity contribution in [2.75, 3.05) is 19.8 Å². The number of amides is 1. The molecule has 0 atom stereocenters. The van der Waals surface area contributed by atoms with Gasteiger partial charge in [0.05, 0.1) is 18.8 Å². The Morgan fingerprint density at radius 1 is 1.47 bits per heavy atom. The summed E-state index contributed by atoms with van der Waals surface area (Å²) in [5.41, 5.74) is 0.477. The van der Waals surface area contributed by atoms with Gasteiger partial charge in [-0.3, -0.25) is 4.79 Å². The van der Waals surface area contributed by atoms with Gasteiger partial charge < -0.3 is 14.2 Å². The molecule has 0 aliphatic carbocycles. The minimum absolute atomic E-state index is 0.0766. The average Bonchev–Trinajstić information content (AvgIpc) is 2.70. The molecule has 1 amide bonds. The van der Waals surface area contributed by atoms with E-state index < -0.39 is 0 Å². The molecule has 1 saturated heterocycles. The molecule has 0 aromatic carbocycles. The smallest absolute Gasteiger partial charge is 0.271 e. The number of halogens is 1. The van der Waals surface area contributed by atoms with Gasteiger partial charge in [0.15, 0.2) is 0 Å². The summed E-state index contributed by atoms with van der Waals surface area (Å²) in [4.78, 5) is 14.7. The van der Waals surface area contributed by atoms with Crippen LogP contribution in [0, 0.1) is 0 Å². The summed E-state index contributed by atoms with van der Waals surface area (Å²) in [5, 5.41) is 0. The molecule has 2 heterocycles. The number of nitrogens with zero attached hydrogens (tertiary/aromatic N) is 2. The first-order valence-electron chi connectivity index (χ1n) is 6.60. The molecule has 1 aliphatic rings. The lowest BCUT2D eigenvalue weighted by atomic mass is 10.0. The number of morpholine rings is 1. The van der Waals surface area contributed by atoms with Crippen molar-refractivity contribution >= 4 is 21.8 Å². The summed E-state index contributed by atoms with van der Waals surface area (Å²) in [6.07, 6.45) is 1.96. The summed E-state index contributed by atoms with van der Waals surface area (Å²) >= 11 is 3.46. The predicted molar refractivity (Wildman–Crippen MR) is 78.5 cm³/mol.